The van der Waals surface area contributed by atoms with E-state index in [1.165, 1.54) is 16.3 Å². The smallest absolute Gasteiger partial charge is 0.107 e. The number of nitrogens with zero attached hydrogens (tertiary/aromatic N) is 1. The molecule has 0 spiro atoms. The first-order valence-electron chi connectivity index (χ1n) is 6.22. The fraction of sp³-hybridized carbons (Fsp3) is 0.769. The van der Waals surface area contributed by atoms with Crippen LogP contribution in [0.2, 0.25) is 0 Å². The van der Waals surface area contributed by atoms with Crippen LogP contribution in [-0.4, -0.2) is 11.0 Å². The van der Waals surface area contributed by atoms with Gasteiger partial charge in [0.1, 0.15) is 5.01 Å². The average molecular weight is 240 g/mol. The SMILES string of the molecule is CCC(NCc1ncc(C(C)C)s1)C(C)C. The molecule has 1 aromatic rings. The van der Waals surface area contributed by atoms with Crippen molar-refractivity contribution in [2.75, 3.05) is 0 Å². The van der Waals surface area contributed by atoms with Crippen molar-refractivity contribution < 1.29 is 0 Å². The fourth-order valence-corrected chi connectivity index (χ4v) is 2.62. The second kappa shape index (κ2) is 6.36. The lowest BCUT2D eigenvalue weighted by Gasteiger charge is -2.19. The molecule has 0 aliphatic heterocycles. The van der Waals surface area contributed by atoms with E-state index in [9.17, 15) is 0 Å². The molecule has 0 radical (unpaired) electrons. The molecule has 1 heterocycles. The van der Waals surface area contributed by atoms with Gasteiger partial charge in [-0.25, -0.2) is 4.98 Å². The molecule has 92 valence electrons. The van der Waals surface area contributed by atoms with Gasteiger partial charge >= 0.3 is 0 Å². The summed E-state index contributed by atoms with van der Waals surface area (Å²) in [5.41, 5.74) is 0. The van der Waals surface area contributed by atoms with Gasteiger partial charge in [0.15, 0.2) is 0 Å². The fourth-order valence-electron chi connectivity index (χ4n) is 1.74. The summed E-state index contributed by atoms with van der Waals surface area (Å²) in [5.74, 6) is 1.29. The lowest BCUT2D eigenvalue weighted by molar-refractivity contribution is 0.387. The summed E-state index contributed by atoms with van der Waals surface area (Å²) in [6.45, 7) is 12.1. The predicted octanol–water partition coefficient (Wildman–Crippen LogP) is 3.79. The zero-order valence-corrected chi connectivity index (χ0v) is 11.9. The molecule has 3 heteroatoms. The molecule has 1 rings (SSSR count). The Hall–Kier alpha value is -0.410. The molecule has 0 amide bonds. The van der Waals surface area contributed by atoms with Crippen LogP contribution in [0.1, 0.15) is 56.8 Å². The minimum absolute atomic E-state index is 0.596. The number of aromatic nitrogens is 1. The molecule has 0 aliphatic carbocycles. The van der Waals surface area contributed by atoms with E-state index in [1.807, 2.05) is 17.5 Å². The summed E-state index contributed by atoms with van der Waals surface area (Å²) in [6, 6.07) is 0.603. The Bertz CT molecular complexity index is 305. The van der Waals surface area contributed by atoms with Crippen molar-refractivity contribution in [1.82, 2.24) is 10.3 Å². The molecule has 0 saturated carbocycles. The average Bonchev–Trinajstić information content (AvgIpc) is 2.67. The van der Waals surface area contributed by atoms with E-state index in [4.69, 9.17) is 0 Å². The summed E-state index contributed by atoms with van der Waals surface area (Å²) in [4.78, 5) is 5.84. The molecule has 0 bridgehead atoms. The van der Waals surface area contributed by atoms with Crippen LogP contribution in [0.5, 0.6) is 0 Å². The van der Waals surface area contributed by atoms with Crippen LogP contribution in [0.25, 0.3) is 0 Å². The third kappa shape index (κ3) is 3.87. The first-order valence-corrected chi connectivity index (χ1v) is 7.04. The maximum Gasteiger partial charge on any atom is 0.107 e. The zero-order chi connectivity index (χ0) is 12.1. The van der Waals surface area contributed by atoms with E-state index in [1.54, 1.807) is 0 Å². The van der Waals surface area contributed by atoms with E-state index in [2.05, 4.69) is 44.9 Å². The molecule has 16 heavy (non-hydrogen) atoms. The van der Waals surface area contributed by atoms with E-state index in [0.717, 1.165) is 6.54 Å². The third-order valence-corrected chi connectivity index (χ3v) is 4.20. The molecule has 0 fully saturated rings. The Morgan fingerprint density at radius 1 is 1.31 bits per heavy atom. The lowest BCUT2D eigenvalue weighted by Crippen LogP contribution is -2.32. The van der Waals surface area contributed by atoms with Gasteiger partial charge in [0.25, 0.3) is 0 Å². The molecule has 0 aliphatic rings. The van der Waals surface area contributed by atoms with Gasteiger partial charge in [0.2, 0.25) is 0 Å². The highest BCUT2D eigenvalue weighted by atomic mass is 32.1. The van der Waals surface area contributed by atoms with Crippen LogP contribution in [0.15, 0.2) is 6.20 Å². The third-order valence-electron chi connectivity index (χ3n) is 2.90. The van der Waals surface area contributed by atoms with Crippen molar-refractivity contribution in [1.29, 1.82) is 0 Å². The quantitative estimate of drug-likeness (QED) is 0.818. The van der Waals surface area contributed by atoms with Gasteiger partial charge in [-0.1, -0.05) is 34.6 Å². The summed E-state index contributed by atoms with van der Waals surface area (Å²) >= 11 is 1.83. The maximum atomic E-state index is 4.46. The van der Waals surface area contributed by atoms with E-state index in [0.29, 0.717) is 17.9 Å². The summed E-state index contributed by atoms with van der Waals surface area (Å²) in [7, 11) is 0. The number of thiazole rings is 1. The van der Waals surface area contributed by atoms with Gasteiger partial charge in [-0.05, 0) is 18.3 Å². The molecule has 1 aromatic heterocycles. The van der Waals surface area contributed by atoms with Crippen LogP contribution < -0.4 is 5.32 Å². The van der Waals surface area contributed by atoms with Crippen molar-refractivity contribution in [2.45, 2.75) is 59.5 Å². The Morgan fingerprint density at radius 3 is 2.44 bits per heavy atom. The molecule has 1 N–H and O–H groups in total. The zero-order valence-electron chi connectivity index (χ0n) is 11.1. The Kier molecular flexibility index (Phi) is 5.42. The first kappa shape index (κ1) is 13.7. The summed E-state index contributed by atoms with van der Waals surface area (Å²) < 4.78 is 0. The number of hydrogen-bond donors (Lipinski definition) is 1. The van der Waals surface area contributed by atoms with Gasteiger partial charge < -0.3 is 5.32 Å². The highest BCUT2D eigenvalue weighted by Crippen LogP contribution is 2.21. The molecule has 1 atom stereocenters. The Morgan fingerprint density at radius 2 is 2.00 bits per heavy atom. The van der Waals surface area contributed by atoms with E-state index >= 15 is 0 Å². The highest BCUT2D eigenvalue weighted by molar-refractivity contribution is 7.11. The topological polar surface area (TPSA) is 24.9 Å². The van der Waals surface area contributed by atoms with Gasteiger partial charge in [0.05, 0.1) is 0 Å². The highest BCUT2D eigenvalue weighted by Gasteiger charge is 2.11. The van der Waals surface area contributed by atoms with Crippen molar-refractivity contribution in [3.05, 3.63) is 16.1 Å². The first-order chi connectivity index (χ1) is 7.54. The van der Waals surface area contributed by atoms with Crippen LogP contribution >= 0.6 is 11.3 Å². The van der Waals surface area contributed by atoms with Crippen LogP contribution in [-0.2, 0) is 6.54 Å². The molecule has 0 aromatic carbocycles. The van der Waals surface area contributed by atoms with Crippen molar-refractivity contribution in [3.63, 3.8) is 0 Å². The largest absolute Gasteiger partial charge is 0.307 e. The van der Waals surface area contributed by atoms with Gasteiger partial charge in [-0.15, -0.1) is 11.3 Å². The maximum absolute atomic E-state index is 4.46. The van der Waals surface area contributed by atoms with Crippen molar-refractivity contribution >= 4 is 11.3 Å². The molecule has 1 unspecified atom stereocenters. The molecular weight excluding hydrogens is 216 g/mol. The summed E-state index contributed by atoms with van der Waals surface area (Å²) in [5, 5.41) is 4.80. The van der Waals surface area contributed by atoms with E-state index < -0.39 is 0 Å². The van der Waals surface area contributed by atoms with Crippen molar-refractivity contribution in [3.8, 4) is 0 Å². The monoisotopic (exact) mass is 240 g/mol. The minimum atomic E-state index is 0.596. The number of nitrogens with one attached hydrogen (secondary N) is 1. The van der Waals surface area contributed by atoms with Crippen LogP contribution in [0.4, 0.5) is 0 Å². The Labute approximate surface area is 103 Å². The number of hydrogen-bond acceptors (Lipinski definition) is 3. The minimum Gasteiger partial charge on any atom is -0.307 e. The lowest BCUT2D eigenvalue weighted by atomic mass is 10.0. The normalized spacial score (nSPS) is 13.7. The molecule has 0 saturated heterocycles. The van der Waals surface area contributed by atoms with Crippen LogP contribution in [0.3, 0.4) is 0 Å². The second-order valence-electron chi connectivity index (χ2n) is 4.95. The summed E-state index contributed by atoms with van der Waals surface area (Å²) in [6.07, 6.45) is 3.20. The van der Waals surface area contributed by atoms with Crippen LogP contribution in [0, 0.1) is 5.92 Å². The van der Waals surface area contributed by atoms with Crippen molar-refractivity contribution in [2.24, 2.45) is 5.92 Å². The Balaban J connectivity index is 2.47. The molecular formula is C13H24N2S. The number of rotatable bonds is 6. The predicted molar refractivity (Wildman–Crippen MR) is 72.0 cm³/mol. The van der Waals surface area contributed by atoms with E-state index in [-0.39, 0.29) is 0 Å². The second-order valence-corrected chi connectivity index (χ2v) is 6.10. The van der Waals surface area contributed by atoms with Gasteiger partial charge in [0, 0.05) is 23.7 Å². The van der Waals surface area contributed by atoms with Gasteiger partial charge in [-0.3, -0.25) is 0 Å². The molecule has 2 nitrogen and oxygen atoms in total. The van der Waals surface area contributed by atoms with Gasteiger partial charge in [-0.2, -0.15) is 0 Å². The standard InChI is InChI=1S/C13H24N2S/c1-6-11(9(2)3)14-8-13-15-7-12(16-13)10(4)5/h7,9-11,14H,6,8H2,1-5H3.